The molecule has 1 aromatic carbocycles. The number of hydrogen-bond donors (Lipinski definition) is 0. The molecule has 0 spiro atoms. The molecule has 0 N–H and O–H groups in total. The number of unbranched alkanes of at least 4 members (excludes halogenated alkanes) is 11. The van der Waals surface area contributed by atoms with Crippen molar-refractivity contribution < 1.29 is 0 Å². The lowest BCUT2D eigenvalue weighted by atomic mass is 10.1. The Morgan fingerprint density at radius 2 is 1.14 bits per heavy atom. The Kier molecular flexibility index (Phi) is 13.8. The average Bonchev–Trinajstić information content (AvgIpc) is 2.56. The van der Waals surface area contributed by atoms with E-state index in [1.165, 1.54) is 94.1 Å². The smallest absolute Gasteiger partial charge is 0.0184 e. The molecule has 0 heterocycles. The van der Waals surface area contributed by atoms with Gasteiger partial charge in [0.1, 0.15) is 0 Å². The molecule has 0 saturated heterocycles. The highest BCUT2D eigenvalue weighted by atomic mass is 32.2. The number of benzene rings is 1. The summed E-state index contributed by atoms with van der Waals surface area (Å²) in [5.41, 5.74) is 1.46. The Hall–Kier alpha value is -0.430. The molecular weight excluding hydrogens is 284 g/mol. The third kappa shape index (κ3) is 12.1. The van der Waals surface area contributed by atoms with E-state index in [1.807, 2.05) is 0 Å². The molecule has 0 nitrogen and oxygen atoms in total. The van der Waals surface area contributed by atoms with E-state index in [0.717, 1.165) is 0 Å². The van der Waals surface area contributed by atoms with Crippen LogP contribution in [0.15, 0.2) is 30.3 Å². The molecule has 1 aromatic rings. The van der Waals surface area contributed by atoms with Gasteiger partial charge >= 0.3 is 0 Å². The lowest BCUT2D eigenvalue weighted by molar-refractivity contribution is 0.548. The number of rotatable bonds is 15. The predicted octanol–water partition coefficient (Wildman–Crippen LogP) is 7.62. The highest BCUT2D eigenvalue weighted by Crippen LogP contribution is 2.16. The van der Waals surface area contributed by atoms with Gasteiger partial charge in [-0.05, 0) is 17.7 Å². The van der Waals surface area contributed by atoms with Gasteiger partial charge in [-0.2, -0.15) is 11.8 Å². The number of hydrogen-bond acceptors (Lipinski definition) is 1. The second-order valence-corrected chi connectivity index (χ2v) is 7.53. The van der Waals surface area contributed by atoms with Gasteiger partial charge in [0.2, 0.25) is 0 Å². The monoisotopic (exact) mass is 320 g/mol. The summed E-state index contributed by atoms with van der Waals surface area (Å²) in [6, 6.07) is 10.8. The molecule has 22 heavy (non-hydrogen) atoms. The van der Waals surface area contributed by atoms with E-state index in [1.54, 1.807) is 0 Å². The SMILES string of the molecule is CCCCCCCCCCCCCCSCc1ccccc1. The van der Waals surface area contributed by atoms with Crippen molar-refractivity contribution in [1.82, 2.24) is 0 Å². The fourth-order valence-electron chi connectivity index (χ4n) is 2.81. The molecule has 1 rings (SSSR count). The van der Waals surface area contributed by atoms with Crippen LogP contribution in [-0.2, 0) is 5.75 Å². The average molecular weight is 321 g/mol. The molecule has 0 aromatic heterocycles. The topological polar surface area (TPSA) is 0 Å². The zero-order chi connectivity index (χ0) is 15.7. The Morgan fingerprint density at radius 3 is 1.68 bits per heavy atom. The van der Waals surface area contributed by atoms with E-state index in [0.29, 0.717) is 0 Å². The maximum absolute atomic E-state index is 2.29. The molecule has 0 aliphatic rings. The quantitative estimate of drug-likeness (QED) is 0.299. The molecule has 0 atom stereocenters. The minimum absolute atomic E-state index is 1.18. The molecule has 0 fully saturated rings. The van der Waals surface area contributed by atoms with Gasteiger partial charge < -0.3 is 0 Å². The van der Waals surface area contributed by atoms with Crippen LogP contribution in [0.4, 0.5) is 0 Å². The van der Waals surface area contributed by atoms with E-state index in [-0.39, 0.29) is 0 Å². The van der Waals surface area contributed by atoms with E-state index in [4.69, 9.17) is 0 Å². The van der Waals surface area contributed by atoms with Crippen LogP contribution in [-0.4, -0.2) is 5.75 Å². The highest BCUT2D eigenvalue weighted by molar-refractivity contribution is 7.98. The van der Waals surface area contributed by atoms with Crippen molar-refractivity contribution in [3.05, 3.63) is 35.9 Å². The molecule has 1 heteroatoms. The Bertz CT molecular complexity index is 320. The van der Waals surface area contributed by atoms with Crippen molar-refractivity contribution in [2.24, 2.45) is 0 Å². The molecule has 0 aliphatic carbocycles. The van der Waals surface area contributed by atoms with Gasteiger partial charge in [-0.1, -0.05) is 108 Å². The summed E-state index contributed by atoms with van der Waals surface area (Å²) < 4.78 is 0. The van der Waals surface area contributed by atoms with Crippen LogP contribution in [0, 0.1) is 0 Å². The molecule has 0 bridgehead atoms. The van der Waals surface area contributed by atoms with Crippen LogP contribution < -0.4 is 0 Å². The van der Waals surface area contributed by atoms with Crippen molar-refractivity contribution in [1.29, 1.82) is 0 Å². The molecule has 0 aliphatic heterocycles. The molecule has 0 saturated carbocycles. The van der Waals surface area contributed by atoms with Crippen molar-refractivity contribution in [2.45, 2.75) is 89.7 Å². The summed E-state index contributed by atoms with van der Waals surface area (Å²) in [6.07, 6.45) is 17.3. The molecule has 0 unspecified atom stereocenters. The van der Waals surface area contributed by atoms with Crippen molar-refractivity contribution >= 4 is 11.8 Å². The van der Waals surface area contributed by atoms with E-state index in [9.17, 15) is 0 Å². The summed E-state index contributed by atoms with van der Waals surface area (Å²) in [4.78, 5) is 0. The Morgan fingerprint density at radius 1 is 0.636 bits per heavy atom. The molecule has 0 radical (unpaired) electrons. The van der Waals surface area contributed by atoms with Crippen LogP contribution in [0.25, 0.3) is 0 Å². The second-order valence-electron chi connectivity index (χ2n) is 6.43. The zero-order valence-corrected chi connectivity index (χ0v) is 15.5. The third-order valence-corrected chi connectivity index (χ3v) is 5.37. The lowest BCUT2D eigenvalue weighted by Crippen LogP contribution is -1.85. The number of thioether (sulfide) groups is 1. The van der Waals surface area contributed by atoms with Crippen molar-refractivity contribution in [2.75, 3.05) is 5.75 Å². The largest absolute Gasteiger partial charge is 0.157 e. The summed E-state index contributed by atoms with van der Waals surface area (Å²) in [5.74, 6) is 2.51. The lowest BCUT2D eigenvalue weighted by Gasteiger charge is -2.03. The third-order valence-electron chi connectivity index (χ3n) is 4.25. The summed E-state index contributed by atoms with van der Waals surface area (Å²) in [6.45, 7) is 2.29. The van der Waals surface area contributed by atoms with Gasteiger partial charge in [0.15, 0.2) is 0 Å². The maximum Gasteiger partial charge on any atom is 0.0184 e. The minimum atomic E-state index is 1.18. The maximum atomic E-state index is 2.29. The van der Waals surface area contributed by atoms with Gasteiger partial charge in [-0.3, -0.25) is 0 Å². The van der Waals surface area contributed by atoms with Gasteiger partial charge in [0, 0.05) is 5.75 Å². The molecule has 0 amide bonds. The molecule has 126 valence electrons. The van der Waals surface area contributed by atoms with E-state index < -0.39 is 0 Å². The first kappa shape index (κ1) is 19.6. The normalized spacial score (nSPS) is 11.0. The van der Waals surface area contributed by atoms with E-state index >= 15 is 0 Å². The summed E-state index contributed by atoms with van der Waals surface area (Å²) in [5, 5.41) is 0. The van der Waals surface area contributed by atoms with Gasteiger partial charge in [0.25, 0.3) is 0 Å². The standard InChI is InChI=1S/C21H36S/c1-2-3-4-5-6-7-8-9-10-11-12-16-19-22-20-21-17-14-13-15-18-21/h13-15,17-18H,2-12,16,19-20H2,1H3. The minimum Gasteiger partial charge on any atom is -0.157 e. The summed E-state index contributed by atoms with van der Waals surface area (Å²) in [7, 11) is 0. The van der Waals surface area contributed by atoms with Gasteiger partial charge in [0.05, 0.1) is 0 Å². The summed E-state index contributed by atoms with van der Waals surface area (Å²) >= 11 is 2.09. The van der Waals surface area contributed by atoms with Gasteiger partial charge in [-0.25, -0.2) is 0 Å². The van der Waals surface area contributed by atoms with Gasteiger partial charge in [-0.15, -0.1) is 0 Å². The first-order valence-corrected chi connectivity index (χ1v) is 10.7. The Labute approximate surface area is 143 Å². The second kappa shape index (κ2) is 15.5. The van der Waals surface area contributed by atoms with Crippen LogP contribution in [0.5, 0.6) is 0 Å². The Balaban J connectivity index is 1.73. The highest BCUT2D eigenvalue weighted by Gasteiger charge is 1.95. The fraction of sp³-hybridized carbons (Fsp3) is 0.714. The fourth-order valence-corrected chi connectivity index (χ4v) is 3.79. The zero-order valence-electron chi connectivity index (χ0n) is 14.7. The van der Waals surface area contributed by atoms with Crippen molar-refractivity contribution in [3.8, 4) is 0 Å². The first-order chi connectivity index (χ1) is 10.9. The molecular formula is C21H36S. The van der Waals surface area contributed by atoms with Crippen LogP contribution in [0.2, 0.25) is 0 Å². The van der Waals surface area contributed by atoms with Crippen LogP contribution in [0.1, 0.15) is 89.5 Å². The first-order valence-electron chi connectivity index (χ1n) is 9.55. The van der Waals surface area contributed by atoms with Crippen LogP contribution >= 0.6 is 11.8 Å². The van der Waals surface area contributed by atoms with E-state index in [2.05, 4.69) is 49.0 Å². The van der Waals surface area contributed by atoms with Crippen LogP contribution in [0.3, 0.4) is 0 Å². The predicted molar refractivity (Wildman–Crippen MR) is 104 cm³/mol. The van der Waals surface area contributed by atoms with Crippen molar-refractivity contribution in [3.63, 3.8) is 0 Å².